The topological polar surface area (TPSA) is 6.48 Å². The smallest absolute Gasteiger partial charge is 0.126 e. The molecule has 0 bridgehead atoms. The molecule has 2 nitrogen and oxygen atoms in total. The highest BCUT2D eigenvalue weighted by atomic mass is 19.1. The molecule has 0 spiro atoms. The molecule has 1 aliphatic carbocycles. The Hall–Kier alpha value is -0.150. The zero-order valence-corrected chi connectivity index (χ0v) is 15.7. The standard InChI is InChI=1S/C15H27FN2.2C2H6/c1-2-13-10-17(11-13)12-15(16)6-8-18(9-7-15)14-4-3-5-14;2*1-2/h13-14H,2-12H2,1H3;2*1-2H3. The van der Waals surface area contributed by atoms with E-state index in [9.17, 15) is 4.39 Å². The number of nitrogens with zero attached hydrogens (tertiary/aromatic N) is 2. The van der Waals surface area contributed by atoms with Crippen LogP contribution in [0.3, 0.4) is 0 Å². The molecule has 0 aromatic carbocycles. The van der Waals surface area contributed by atoms with Gasteiger partial charge in [0.2, 0.25) is 0 Å². The van der Waals surface area contributed by atoms with Gasteiger partial charge >= 0.3 is 0 Å². The summed E-state index contributed by atoms with van der Waals surface area (Å²) in [5, 5.41) is 0. The highest BCUT2D eigenvalue weighted by Gasteiger charge is 2.40. The van der Waals surface area contributed by atoms with Crippen LogP contribution >= 0.6 is 0 Å². The van der Waals surface area contributed by atoms with Gasteiger partial charge in [-0.15, -0.1) is 0 Å². The molecule has 0 unspecified atom stereocenters. The fourth-order valence-electron chi connectivity index (χ4n) is 3.66. The number of halogens is 1. The van der Waals surface area contributed by atoms with Crippen LogP contribution in [-0.2, 0) is 0 Å². The molecule has 3 heteroatoms. The lowest BCUT2D eigenvalue weighted by Gasteiger charge is -2.47. The van der Waals surface area contributed by atoms with Crippen LogP contribution in [0, 0.1) is 5.92 Å². The fourth-order valence-corrected chi connectivity index (χ4v) is 3.66. The van der Waals surface area contributed by atoms with E-state index < -0.39 is 5.67 Å². The van der Waals surface area contributed by atoms with E-state index in [2.05, 4.69) is 16.7 Å². The average molecular weight is 315 g/mol. The third kappa shape index (κ3) is 5.19. The Labute approximate surface area is 138 Å². The third-order valence-electron chi connectivity index (χ3n) is 5.40. The Kier molecular flexibility index (Phi) is 8.93. The summed E-state index contributed by atoms with van der Waals surface area (Å²) in [5.41, 5.74) is -0.890. The molecule has 0 aromatic heterocycles. The molecule has 0 amide bonds. The zero-order valence-electron chi connectivity index (χ0n) is 15.7. The van der Waals surface area contributed by atoms with Gasteiger partial charge in [-0.3, -0.25) is 4.90 Å². The van der Waals surface area contributed by atoms with Gasteiger partial charge in [0, 0.05) is 38.8 Å². The fraction of sp³-hybridized carbons (Fsp3) is 1.00. The number of rotatable bonds is 4. The number of piperidine rings is 1. The first-order valence-electron chi connectivity index (χ1n) is 9.84. The minimum atomic E-state index is -0.890. The van der Waals surface area contributed by atoms with Gasteiger partial charge in [-0.2, -0.15) is 0 Å². The Morgan fingerprint density at radius 3 is 1.95 bits per heavy atom. The van der Waals surface area contributed by atoms with E-state index in [1.165, 1.54) is 25.7 Å². The van der Waals surface area contributed by atoms with E-state index in [0.29, 0.717) is 6.54 Å². The molecule has 2 heterocycles. The quantitative estimate of drug-likeness (QED) is 0.739. The lowest BCUT2D eigenvalue weighted by Crippen LogP contribution is -2.56. The van der Waals surface area contributed by atoms with Crippen LogP contribution in [-0.4, -0.2) is 54.2 Å². The SMILES string of the molecule is CC.CC.CCC1CN(CC2(F)CCN(C3CCC3)CC2)C1. The first-order valence-corrected chi connectivity index (χ1v) is 9.84. The molecule has 1 saturated carbocycles. The van der Waals surface area contributed by atoms with Crippen molar-refractivity contribution >= 4 is 0 Å². The lowest BCUT2D eigenvalue weighted by molar-refractivity contribution is -0.0279. The van der Waals surface area contributed by atoms with Crippen molar-refractivity contribution in [1.82, 2.24) is 9.80 Å². The molecule has 0 atom stereocenters. The van der Waals surface area contributed by atoms with Crippen LogP contribution in [0.2, 0.25) is 0 Å². The Morgan fingerprint density at radius 1 is 1.00 bits per heavy atom. The van der Waals surface area contributed by atoms with Crippen LogP contribution in [0.5, 0.6) is 0 Å². The van der Waals surface area contributed by atoms with E-state index in [-0.39, 0.29) is 0 Å². The van der Waals surface area contributed by atoms with Gasteiger partial charge < -0.3 is 4.90 Å². The van der Waals surface area contributed by atoms with Crippen molar-refractivity contribution in [1.29, 1.82) is 0 Å². The summed E-state index contributed by atoms with van der Waals surface area (Å²) in [6.07, 6.45) is 6.86. The maximum Gasteiger partial charge on any atom is 0.126 e. The number of likely N-dealkylation sites (tertiary alicyclic amines) is 2. The van der Waals surface area contributed by atoms with Gasteiger partial charge in [0.1, 0.15) is 5.67 Å². The second-order valence-electron chi connectivity index (χ2n) is 6.74. The molecule has 22 heavy (non-hydrogen) atoms. The van der Waals surface area contributed by atoms with Crippen LogP contribution in [0.15, 0.2) is 0 Å². The molecule has 3 aliphatic rings. The summed E-state index contributed by atoms with van der Waals surface area (Å²) in [6, 6.07) is 0.794. The van der Waals surface area contributed by atoms with Crippen LogP contribution in [0.1, 0.15) is 73.1 Å². The lowest BCUT2D eigenvalue weighted by atomic mass is 9.85. The second-order valence-corrected chi connectivity index (χ2v) is 6.74. The number of hydrogen-bond acceptors (Lipinski definition) is 2. The van der Waals surface area contributed by atoms with Crippen molar-refractivity contribution in [3.8, 4) is 0 Å². The summed E-state index contributed by atoms with van der Waals surface area (Å²) in [6.45, 7) is 15.2. The van der Waals surface area contributed by atoms with Crippen molar-refractivity contribution in [3.63, 3.8) is 0 Å². The predicted octanol–water partition coefficient (Wildman–Crippen LogP) is 4.74. The number of alkyl halides is 1. The van der Waals surface area contributed by atoms with Gasteiger partial charge in [0.25, 0.3) is 0 Å². The minimum absolute atomic E-state index is 0.696. The van der Waals surface area contributed by atoms with Crippen molar-refractivity contribution in [2.45, 2.75) is 84.9 Å². The summed E-state index contributed by atoms with van der Waals surface area (Å²) in [7, 11) is 0. The van der Waals surface area contributed by atoms with Crippen molar-refractivity contribution in [2.75, 3.05) is 32.7 Å². The van der Waals surface area contributed by atoms with Crippen LogP contribution < -0.4 is 0 Å². The predicted molar refractivity (Wildman–Crippen MR) is 95.2 cm³/mol. The summed E-state index contributed by atoms with van der Waals surface area (Å²) >= 11 is 0. The largest absolute Gasteiger partial charge is 0.300 e. The van der Waals surface area contributed by atoms with Gasteiger partial charge in [-0.25, -0.2) is 4.39 Å². The first-order chi connectivity index (χ1) is 10.7. The maximum atomic E-state index is 14.8. The van der Waals surface area contributed by atoms with Gasteiger partial charge in [-0.05, 0) is 31.6 Å². The summed E-state index contributed by atoms with van der Waals surface area (Å²) in [5.74, 6) is 0.837. The monoisotopic (exact) mass is 314 g/mol. The normalized spacial score (nSPS) is 25.9. The number of hydrogen-bond donors (Lipinski definition) is 0. The Morgan fingerprint density at radius 2 is 1.55 bits per heavy atom. The minimum Gasteiger partial charge on any atom is -0.300 e. The van der Waals surface area contributed by atoms with E-state index in [0.717, 1.165) is 51.0 Å². The molecule has 0 N–H and O–H groups in total. The molecule has 132 valence electrons. The van der Waals surface area contributed by atoms with Crippen molar-refractivity contribution < 1.29 is 4.39 Å². The van der Waals surface area contributed by atoms with Crippen molar-refractivity contribution in [2.24, 2.45) is 5.92 Å². The molecule has 3 fully saturated rings. The highest BCUT2D eigenvalue weighted by molar-refractivity contribution is 4.94. The van der Waals surface area contributed by atoms with E-state index in [1.807, 2.05) is 27.7 Å². The third-order valence-corrected chi connectivity index (χ3v) is 5.40. The van der Waals surface area contributed by atoms with E-state index in [1.54, 1.807) is 0 Å². The molecule has 2 saturated heterocycles. The Bertz CT molecular complexity index is 277. The first kappa shape index (κ1) is 19.9. The maximum absolute atomic E-state index is 14.8. The molecular weight excluding hydrogens is 275 g/mol. The van der Waals surface area contributed by atoms with Gasteiger partial charge in [0.05, 0.1) is 0 Å². The molecule has 0 aromatic rings. The molecule has 2 aliphatic heterocycles. The molecule has 3 rings (SSSR count). The highest BCUT2D eigenvalue weighted by Crippen LogP contribution is 2.34. The zero-order chi connectivity index (χ0) is 16.6. The molecular formula is C19H39FN2. The summed E-state index contributed by atoms with van der Waals surface area (Å²) in [4.78, 5) is 4.86. The van der Waals surface area contributed by atoms with E-state index in [4.69, 9.17) is 0 Å². The van der Waals surface area contributed by atoms with Crippen LogP contribution in [0.4, 0.5) is 4.39 Å². The molecule has 0 radical (unpaired) electrons. The average Bonchev–Trinajstić information content (AvgIpc) is 2.47. The van der Waals surface area contributed by atoms with E-state index >= 15 is 0 Å². The van der Waals surface area contributed by atoms with Crippen molar-refractivity contribution in [3.05, 3.63) is 0 Å². The summed E-state index contributed by atoms with van der Waals surface area (Å²) < 4.78 is 14.8. The Balaban J connectivity index is 0.000000561. The van der Waals surface area contributed by atoms with Gasteiger partial charge in [0.15, 0.2) is 0 Å². The van der Waals surface area contributed by atoms with Crippen LogP contribution in [0.25, 0.3) is 0 Å². The second kappa shape index (κ2) is 9.87. The van der Waals surface area contributed by atoms with Gasteiger partial charge in [-0.1, -0.05) is 47.5 Å².